The van der Waals surface area contributed by atoms with Gasteiger partial charge in [0, 0.05) is 13.0 Å². The van der Waals surface area contributed by atoms with Gasteiger partial charge in [0.2, 0.25) is 0 Å². The predicted octanol–water partition coefficient (Wildman–Crippen LogP) is 1.29. The number of carbonyl (C=O) groups is 2. The van der Waals surface area contributed by atoms with Crippen LogP contribution in [0.2, 0.25) is 0 Å². The third-order valence-corrected chi connectivity index (χ3v) is 2.66. The van der Waals surface area contributed by atoms with E-state index in [1.54, 1.807) is 0 Å². The van der Waals surface area contributed by atoms with Crippen LogP contribution in [0.15, 0.2) is 0 Å². The zero-order valence-electron chi connectivity index (χ0n) is 10.6. The second-order valence-electron chi connectivity index (χ2n) is 5.59. The molecule has 1 aliphatic rings. The van der Waals surface area contributed by atoms with Crippen molar-refractivity contribution in [2.45, 2.75) is 46.1 Å². The van der Waals surface area contributed by atoms with Crippen molar-refractivity contribution in [2.24, 2.45) is 5.41 Å². The maximum Gasteiger partial charge on any atom is 0.314 e. The van der Waals surface area contributed by atoms with E-state index >= 15 is 0 Å². The molecule has 0 aromatic heterocycles. The van der Waals surface area contributed by atoms with Crippen LogP contribution in [0.4, 0.5) is 0 Å². The summed E-state index contributed by atoms with van der Waals surface area (Å²) in [4.78, 5) is 23.3. The van der Waals surface area contributed by atoms with Gasteiger partial charge in [-0.1, -0.05) is 0 Å². The zero-order chi connectivity index (χ0) is 12.4. The summed E-state index contributed by atoms with van der Waals surface area (Å²) in [7, 11) is 0. The van der Waals surface area contributed by atoms with Crippen LogP contribution in [0.3, 0.4) is 0 Å². The first kappa shape index (κ1) is 13.2. The molecule has 16 heavy (non-hydrogen) atoms. The van der Waals surface area contributed by atoms with Crippen molar-refractivity contribution in [3.05, 3.63) is 0 Å². The van der Waals surface area contributed by atoms with E-state index in [-0.39, 0.29) is 18.2 Å². The molecule has 4 heteroatoms. The van der Waals surface area contributed by atoms with Crippen LogP contribution >= 0.6 is 0 Å². The summed E-state index contributed by atoms with van der Waals surface area (Å²) in [6, 6.07) is 0. The van der Waals surface area contributed by atoms with Crippen molar-refractivity contribution in [2.75, 3.05) is 13.1 Å². The largest absolute Gasteiger partial charge is 0.459 e. The second kappa shape index (κ2) is 4.53. The lowest BCUT2D eigenvalue weighted by Gasteiger charge is -2.29. The van der Waals surface area contributed by atoms with Gasteiger partial charge in [-0.25, -0.2) is 0 Å². The topological polar surface area (TPSA) is 55.4 Å². The number of nitrogens with one attached hydrogen (secondary N) is 1. The molecule has 1 fully saturated rings. The van der Waals surface area contributed by atoms with Crippen LogP contribution in [0.25, 0.3) is 0 Å². The number of ether oxygens (including phenoxy) is 1. The van der Waals surface area contributed by atoms with Gasteiger partial charge < -0.3 is 10.1 Å². The van der Waals surface area contributed by atoms with Gasteiger partial charge in [0.25, 0.3) is 0 Å². The van der Waals surface area contributed by atoms with Gasteiger partial charge in [0.05, 0.1) is 5.41 Å². The maximum absolute atomic E-state index is 12.1. The lowest BCUT2D eigenvalue weighted by molar-refractivity contribution is -0.168. The molecule has 0 aromatic rings. The first-order valence-electron chi connectivity index (χ1n) is 5.69. The minimum absolute atomic E-state index is 0.0366. The molecule has 1 rings (SSSR count). The van der Waals surface area contributed by atoms with E-state index in [4.69, 9.17) is 4.74 Å². The van der Waals surface area contributed by atoms with Gasteiger partial charge in [-0.2, -0.15) is 0 Å². The highest BCUT2D eigenvalue weighted by molar-refractivity contribution is 5.86. The van der Waals surface area contributed by atoms with E-state index in [2.05, 4.69) is 5.32 Å². The Hall–Kier alpha value is -0.900. The highest BCUT2D eigenvalue weighted by Crippen LogP contribution is 2.33. The fourth-order valence-corrected chi connectivity index (χ4v) is 2.00. The van der Waals surface area contributed by atoms with Crippen molar-refractivity contribution < 1.29 is 14.3 Å². The van der Waals surface area contributed by atoms with Gasteiger partial charge in [-0.05, 0) is 40.7 Å². The van der Waals surface area contributed by atoms with E-state index < -0.39 is 11.0 Å². The van der Waals surface area contributed by atoms with Crippen LogP contribution in [-0.4, -0.2) is 30.4 Å². The van der Waals surface area contributed by atoms with Gasteiger partial charge in [-0.15, -0.1) is 0 Å². The molecule has 4 nitrogen and oxygen atoms in total. The van der Waals surface area contributed by atoms with Gasteiger partial charge in [-0.3, -0.25) is 9.59 Å². The molecule has 92 valence electrons. The van der Waals surface area contributed by atoms with E-state index in [1.165, 1.54) is 6.92 Å². The molecule has 1 saturated heterocycles. The van der Waals surface area contributed by atoms with E-state index in [1.807, 2.05) is 20.8 Å². The number of hydrogen-bond donors (Lipinski definition) is 1. The summed E-state index contributed by atoms with van der Waals surface area (Å²) in [6.07, 6.45) is 0.955. The van der Waals surface area contributed by atoms with Crippen LogP contribution in [0.1, 0.15) is 40.5 Å². The molecule has 0 saturated carbocycles. The number of esters is 1. The zero-order valence-corrected chi connectivity index (χ0v) is 10.6. The third-order valence-electron chi connectivity index (χ3n) is 2.66. The minimum Gasteiger partial charge on any atom is -0.459 e. The smallest absolute Gasteiger partial charge is 0.314 e. The third kappa shape index (κ3) is 3.30. The molecular formula is C12H21NO3. The fourth-order valence-electron chi connectivity index (χ4n) is 2.00. The summed E-state index contributed by atoms with van der Waals surface area (Å²) in [6.45, 7) is 8.36. The van der Waals surface area contributed by atoms with Crippen molar-refractivity contribution in [1.29, 1.82) is 0 Å². The summed E-state index contributed by atoms with van der Waals surface area (Å²) < 4.78 is 5.39. The van der Waals surface area contributed by atoms with Gasteiger partial charge >= 0.3 is 5.97 Å². The Kier molecular flexibility index (Phi) is 3.73. The van der Waals surface area contributed by atoms with Crippen LogP contribution < -0.4 is 5.32 Å². The molecule has 1 N–H and O–H groups in total. The van der Waals surface area contributed by atoms with Crippen molar-refractivity contribution in [3.8, 4) is 0 Å². The lowest BCUT2D eigenvalue weighted by atomic mass is 9.82. The Balaban J connectivity index is 2.77. The molecule has 0 radical (unpaired) electrons. The number of rotatable bonds is 3. The van der Waals surface area contributed by atoms with Crippen molar-refractivity contribution in [1.82, 2.24) is 5.32 Å². The average molecular weight is 227 g/mol. The molecule has 1 unspecified atom stereocenters. The predicted molar refractivity (Wildman–Crippen MR) is 61.1 cm³/mol. The fraction of sp³-hybridized carbons (Fsp3) is 0.833. The van der Waals surface area contributed by atoms with Crippen molar-refractivity contribution in [3.63, 3.8) is 0 Å². The highest BCUT2D eigenvalue weighted by atomic mass is 16.6. The first-order valence-corrected chi connectivity index (χ1v) is 5.69. The summed E-state index contributed by atoms with van der Waals surface area (Å²) in [5.41, 5.74) is -1.14. The molecular weight excluding hydrogens is 206 g/mol. The van der Waals surface area contributed by atoms with Gasteiger partial charge in [0.1, 0.15) is 11.4 Å². The Bertz CT molecular complexity index is 285. The normalized spacial score (nSPS) is 25.5. The Morgan fingerprint density at radius 3 is 2.38 bits per heavy atom. The molecule has 1 aliphatic heterocycles. The summed E-state index contributed by atoms with van der Waals surface area (Å²) in [5.74, 6) is -0.213. The molecule has 1 heterocycles. The van der Waals surface area contributed by atoms with E-state index in [0.29, 0.717) is 13.0 Å². The van der Waals surface area contributed by atoms with Crippen molar-refractivity contribution >= 4 is 11.8 Å². The standard InChI is InChI=1S/C12H21NO3/c1-9(14)7-12(5-6-13-8-12)10(15)16-11(2,3)4/h13H,5-8H2,1-4H3. The lowest BCUT2D eigenvalue weighted by Crippen LogP contribution is -2.40. The number of hydrogen-bond acceptors (Lipinski definition) is 4. The Labute approximate surface area is 96.7 Å². The van der Waals surface area contributed by atoms with Gasteiger partial charge in [0.15, 0.2) is 0 Å². The maximum atomic E-state index is 12.1. The summed E-state index contributed by atoms with van der Waals surface area (Å²) in [5, 5.41) is 3.13. The average Bonchev–Trinajstić information content (AvgIpc) is 2.49. The van der Waals surface area contributed by atoms with Crippen LogP contribution in [0.5, 0.6) is 0 Å². The molecule has 0 aliphatic carbocycles. The molecule has 0 bridgehead atoms. The van der Waals surface area contributed by atoms with E-state index in [9.17, 15) is 9.59 Å². The monoisotopic (exact) mass is 227 g/mol. The van der Waals surface area contributed by atoms with Crippen LogP contribution in [0, 0.1) is 5.41 Å². The highest BCUT2D eigenvalue weighted by Gasteiger charge is 2.44. The quantitative estimate of drug-likeness (QED) is 0.738. The van der Waals surface area contributed by atoms with Crippen LogP contribution in [-0.2, 0) is 14.3 Å². The Morgan fingerprint density at radius 2 is 2.00 bits per heavy atom. The minimum atomic E-state index is -0.640. The first-order chi connectivity index (χ1) is 7.25. The number of carbonyl (C=O) groups excluding carboxylic acids is 2. The second-order valence-corrected chi connectivity index (χ2v) is 5.59. The SMILES string of the molecule is CC(=O)CC1(C(=O)OC(C)(C)C)CCNC1. The summed E-state index contributed by atoms with van der Waals surface area (Å²) >= 11 is 0. The number of Topliss-reactive ketones (excluding diaryl/α,β-unsaturated/α-hetero) is 1. The number of ketones is 1. The Morgan fingerprint density at radius 1 is 1.38 bits per heavy atom. The molecule has 0 aromatic carbocycles. The molecule has 0 spiro atoms. The van der Waals surface area contributed by atoms with E-state index in [0.717, 1.165) is 6.54 Å². The molecule has 1 atom stereocenters. The molecule has 0 amide bonds.